The Morgan fingerprint density at radius 3 is 2.67 bits per heavy atom. The molecule has 0 aliphatic rings. The summed E-state index contributed by atoms with van der Waals surface area (Å²) in [5, 5.41) is 3.15. The molecule has 0 atom stereocenters. The number of nitrogens with one attached hydrogen (secondary N) is 1. The number of benzene rings is 2. The molecule has 1 heterocycles. The van der Waals surface area contributed by atoms with E-state index in [-0.39, 0.29) is 23.8 Å². The SMILES string of the molecule is COc1ccc(CNC(=O)c2oc3ccc(F)cc3c2C)cc1OC(F)F. The monoisotopic (exact) mass is 379 g/mol. The van der Waals surface area contributed by atoms with E-state index in [4.69, 9.17) is 9.15 Å². The molecule has 1 N–H and O–H groups in total. The summed E-state index contributed by atoms with van der Waals surface area (Å²) in [6.45, 7) is -1.29. The van der Waals surface area contributed by atoms with Gasteiger partial charge in [0.2, 0.25) is 0 Å². The second-order valence-electron chi connectivity index (χ2n) is 5.74. The maximum atomic E-state index is 13.4. The molecule has 0 saturated carbocycles. The molecule has 0 spiro atoms. The third kappa shape index (κ3) is 3.99. The van der Waals surface area contributed by atoms with Gasteiger partial charge in [-0.2, -0.15) is 8.78 Å². The second kappa shape index (κ2) is 7.61. The van der Waals surface area contributed by atoms with Gasteiger partial charge in [-0.1, -0.05) is 6.07 Å². The zero-order valence-corrected chi connectivity index (χ0v) is 14.5. The molecule has 0 bridgehead atoms. The lowest BCUT2D eigenvalue weighted by Crippen LogP contribution is -2.23. The summed E-state index contributed by atoms with van der Waals surface area (Å²) in [5.74, 6) is -0.845. The van der Waals surface area contributed by atoms with Crippen molar-refractivity contribution in [3.05, 3.63) is 59.1 Å². The van der Waals surface area contributed by atoms with Crippen LogP contribution in [0.4, 0.5) is 13.2 Å². The molecule has 27 heavy (non-hydrogen) atoms. The lowest BCUT2D eigenvalue weighted by atomic mass is 10.1. The molecule has 0 aliphatic carbocycles. The molecule has 0 aliphatic heterocycles. The largest absolute Gasteiger partial charge is 0.493 e. The molecule has 0 saturated heterocycles. The highest BCUT2D eigenvalue weighted by Gasteiger charge is 2.18. The Hall–Kier alpha value is -3.16. The van der Waals surface area contributed by atoms with Gasteiger partial charge in [-0.15, -0.1) is 0 Å². The van der Waals surface area contributed by atoms with Crippen LogP contribution in [0.5, 0.6) is 11.5 Å². The fourth-order valence-corrected chi connectivity index (χ4v) is 2.69. The van der Waals surface area contributed by atoms with Crippen molar-refractivity contribution in [2.75, 3.05) is 7.11 Å². The zero-order chi connectivity index (χ0) is 19.6. The predicted octanol–water partition coefficient (Wildman–Crippen LogP) is 4.42. The minimum absolute atomic E-state index is 0.0489. The Morgan fingerprint density at radius 1 is 1.19 bits per heavy atom. The van der Waals surface area contributed by atoms with E-state index in [1.807, 2.05) is 0 Å². The minimum atomic E-state index is -3.00. The number of amides is 1. The summed E-state index contributed by atoms with van der Waals surface area (Å²) in [6, 6.07) is 8.42. The van der Waals surface area contributed by atoms with Crippen LogP contribution in [0.2, 0.25) is 0 Å². The fourth-order valence-electron chi connectivity index (χ4n) is 2.69. The van der Waals surface area contributed by atoms with Crippen molar-refractivity contribution >= 4 is 16.9 Å². The van der Waals surface area contributed by atoms with E-state index >= 15 is 0 Å². The number of methoxy groups -OCH3 is 1. The van der Waals surface area contributed by atoms with Gasteiger partial charge >= 0.3 is 6.61 Å². The standard InChI is InChI=1S/C19H16F3NO4/c1-10-13-8-12(20)4-6-14(13)26-17(10)18(24)23-9-11-3-5-15(25-2)16(7-11)27-19(21)22/h3-8,19H,9H2,1-2H3,(H,23,24). The van der Waals surface area contributed by atoms with Crippen molar-refractivity contribution in [3.8, 4) is 11.5 Å². The van der Waals surface area contributed by atoms with Gasteiger partial charge in [0.05, 0.1) is 7.11 Å². The van der Waals surface area contributed by atoms with E-state index in [1.54, 1.807) is 13.0 Å². The summed E-state index contributed by atoms with van der Waals surface area (Å²) < 4.78 is 53.2. The molecule has 0 unspecified atom stereocenters. The zero-order valence-electron chi connectivity index (χ0n) is 14.5. The van der Waals surface area contributed by atoms with Gasteiger partial charge in [0.25, 0.3) is 5.91 Å². The van der Waals surface area contributed by atoms with Gasteiger partial charge in [0.1, 0.15) is 11.4 Å². The quantitative estimate of drug-likeness (QED) is 0.689. The summed E-state index contributed by atoms with van der Waals surface area (Å²) in [7, 11) is 1.34. The van der Waals surface area contributed by atoms with Crippen LogP contribution in [-0.4, -0.2) is 19.6 Å². The van der Waals surface area contributed by atoms with Gasteiger partial charge in [0.15, 0.2) is 17.3 Å². The van der Waals surface area contributed by atoms with Crippen LogP contribution < -0.4 is 14.8 Å². The Morgan fingerprint density at radius 2 is 1.96 bits per heavy atom. The number of carbonyl (C=O) groups excluding carboxylic acids is 1. The van der Waals surface area contributed by atoms with E-state index in [9.17, 15) is 18.0 Å². The minimum Gasteiger partial charge on any atom is -0.493 e. The maximum Gasteiger partial charge on any atom is 0.387 e. The Kier molecular flexibility index (Phi) is 5.25. The van der Waals surface area contributed by atoms with Crippen molar-refractivity contribution in [3.63, 3.8) is 0 Å². The smallest absolute Gasteiger partial charge is 0.387 e. The molecule has 3 aromatic rings. The molecule has 1 amide bonds. The normalized spacial score (nSPS) is 11.0. The first kappa shape index (κ1) is 18.6. The van der Waals surface area contributed by atoms with Crippen molar-refractivity contribution in [2.45, 2.75) is 20.1 Å². The number of rotatable bonds is 6. The summed E-state index contributed by atoms with van der Waals surface area (Å²) in [4.78, 5) is 12.4. The van der Waals surface area contributed by atoms with Crippen molar-refractivity contribution < 1.29 is 31.9 Å². The van der Waals surface area contributed by atoms with Gasteiger partial charge in [-0.05, 0) is 42.8 Å². The van der Waals surface area contributed by atoms with Crippen LogP contribution in [-0.2, 0) is 6.54 Å². The summed E-state index contributed by atoms with van der Waals surface area (Å²) >= 11 is 0. The lowest BCUT2D eigenvalue weighted by Gasteiger charge is -2.12. The van der Waals surface area contributed by atoms with E-state index in [2.05, 4.69) is 10.1 Å². The average Bonchev–Trinajstić information content (AvgIpc) is 2.96. The van der Waals surface area contributed by atoms with E-state index in [1.165, 1.54) is 37.4 Å². The van der Waals surface area contributed by atoms with E-state index in [0.717, 1.165) is 0 Å². The Balaban J connectivity index is 1.77. The van der Waals surface area contributed by atoms with Gasteiger partial charge in [-0.25, -0.2) is 4.39 Å². The number of hydrogen-bond acceptors (Lipinski definition) is 4. The number of alkyl halides is 2. The highest BCUT2D eigenvalue weighted by atomic mass is 19.3. The number of hydrogen-bond donors (Lipinski definition) is 1. The van der Waals surface area contributed by atoms with Crippen LogP contribution in [0.25, 0.3) is 11.0 Å². The van der Waals surface area contributed by atoms with E-state index < -0.39 is 18.3 Å². The molecule has 142 valence electrons. The van der Waals surface area contributed by atoms with Gasteiger partial charge < -0.3 is 19.2 Å². The first-order valence-corrected chi connectivity index (χ1v) is 7.97. The first-order chi connectivity index (χ1) is 12.9. The van der Waals surface area contributed by atoms with Crippen LogP contribution in [0.1, 0.15) is 21.7 Å². The third-order valence-electron chi connectivity index (χ3n) is 4.00. The van der Waals surface area contributed by atoms with Crippen molar-refractivity contribution in [1.82, 2.24) is 5.32 Å². The molecule has 0 fully saturated rings. The summed E-state index contributed by atoms with van der Waals surface area (Å²) in [5.41, 5.74) is 1.44. The highest BCUT2D eigenvalue weighted by Crippen LogP contribution is 2.30. The molecule has 2 aromatic carbocycles. The molecule has 8 heteroatoms. The Bertz CT molecular complexity index is 984. The first-order valence-electron chi connectivity index (χ1n) is 7.97. The number of fused-ring (bicyclic) bond motifs is 1. The molecule has 0 radical (unpaired) electrons. The number of furan rings is 1. The molecule has 3 rings (SSSR count). The molecule has 1 aromatic heterocycles. The highest BCUT2D eigenvalue weighted by molar-refractivity contribution is 5.98. The average molecular weight is 379 g/mol. The second-order valence-corrected chi connectivity index (χ2v) is 5.74. The van der Waals surface area contributed by atoms with Gasteiger partial charge in [0, 0.05) is 17.5 Å². The fraction of sp³-hybridized carbons (Fsp3) is 0.211. The van der Waals surface area contributed by atoms with Crippen LogP contribution in [0.15, 0.2) is 40.8 Å². The molecule has 5 nitrogen and oxygen atoms in total. The van der Waals surface area contributed by atoms with Crippen LogP contribution in [0.3, 0.4) is 0 Å². The van der Waals surface area contributed by atoms with E-state index in [0.29, 0.717) is 22.1 Å². The Labute approximate surface area is 152 Å². The number of carbonyl (C=O) groups is 1. The molecular weight excluding hydrogens is 363 g/mol. The number of aryl methyl sites for hydroxylation is 1. The third-order valence-corrected chi connectivity index (χ3v) is 4.00. The van der Waals surface area contributed by atoms with Crippen molar-refractivity contribution in [2.24, 2.45) is 0 Å². The lowest BCUT2D eigenvalue weighted by molar-refractivity contribution is -0.0512. The number of ether oxygens (including phenoxy) is 2. The topological polar surface area (TPSA) is 60.7 Å². The summed E-state index contributed by atoms with van der Waals surface area (Å²) in [6.07, 6.45) is 0. The van der Waals surface area contributed by atoms with Crippen LogP contribution in [0, 0.1) is 12.7 Å². The van der Waals surface area contributed by atoms with Gasteiger partial charge in [-0.3, -0.25) is 4.79 Å². The van der Waals surface area contributed by atoms with Crippen molar-refractivity contribution in [1.29, 1.82) is 0 Å². The molecular formula is C19H16F3NO4. The predicted molar refractivity (Wildman–Crippen MR) is 91.7 cm³/mol. The maximum absolute atomic E-state index is 13.4. The van der Waals surface area contributed by atoms with Crippen LogP contribution >= 0.6 is 0 Å². The number of halogens is 3.